The molecule has 2 heterocycles. The quantitative estimate of drug-likeness (QED) is 0.862. The van der Waals surface area contributed by atoms with Gasteiger partial charge in [0.25, 0.3) is 11.6 Å². The molecule has 0 spiro atoms. The minimum Gasteiger partial charge on any atom is -0.460 e. The molecule has 1 fully saturated rings. The Balaban J connectivity index is 1.64. The highest BCUT2D eigenvalue weighted by atomic mass is 19.1. The number of benzene rings is 1. The first kappa shape index (κ1) is 14.0. The van der Waals surface area contributed by atoms with Crippen LogP contribution in [0.2, 0.25) is 0 Å². The summed E-state index contributed by atoms with van der Waals surface area (Å²) >= 11 is 0. The van der Waals surface area contributed by atoms with Crippen molar-refractivity contribution in [3.8, 4) is 6.01 Å². The molecule has 118 valence electrons. The average molecular weight is 313 g/mol. The molecule has 2 aromatic rings. The number of ether oxygens (including phenoxy) is 1. The normalized spacial score (nSPS) is 15.9. The number of rotatable bonds is 4. The molecular formula is C17H16FN3O2. The van der Waals surface area contributed by atoms with Crippen molar-refractivity contribution in [1.29, 1.82) is 0 Å². The highest BCUT2D eigenvalue weighted by molar-refractivity contribution is 5.35. The van der Waals surface area contributed by atoms with E-state index in [1.807, 2.05) is 6.07 Å². The van der Waals surface area contributed by atoms with Crippen molar-refractivity contribution in [2.45, 2.75) is 25.4 Å². The molecule has 4 rings (SSSR count). The van der Waals surface area contributed by atoms with Gasteiger partial charge in [0.05, 0.1) is 10.6 Å². The third kappa shape index (κ3) is 2.72. The summed E-state index contributed by atoms with van der Waals surface area (Å²) in [6.45, 7) is 0.648. The van der Waals surface area contributed by atoms with Gasteiger partial charge in [-0.25, -0.2) is 4.39 Å². The molecule has 2 N–H and O–H groups in total. The molecule has 1 aliphatic carbocycles. The van der Waals surface area contributed by atoms with Gasteiger partial charge in [0.2, 0.25) is 0 Å². The van der Waals surface area contributed by atoms with Crippen molar-refractivity contribution in [1.82, 2.24) is 15.3 Å². The van der Waals surface area contributed by atoms with Crippen LogP contribution in [0.1, 0.15) is 29.9 Å². The molecule has 0 atom stereocenters. The van der Waals surface area contributed by atoms with E-state index in [0.29, 0.717) is 28.6 Å². The number of halogens is 1. The van der Waals surface area contributed by atoms with E-state index >= 15 is 0 Å². The predicted octanol–water partition coefficient (Wildman–Crippen LogP) is 0.487. The molecule has 1 aromatic heterocycles. The number of aromatic nitrogens is 2. The van der Waals surface area contributed by atoms with Crippen LogP contribution in [0.5, 0.6) is 6.01 Å². The summed E-state index contributed by atoms with van der Waals surface area (Å²) in [5, 5.41) is 4.06. The Morgan fingerprint density at radius 3 is 3.04 bits per heavy atom. The average Bonchev–Trinajstić information content (AvgIpc) is 3.38. The standard InChI is InChI=1S/C17H16FN3O2/c18-14-3-1-2-11(10-4-5-10)13(14)9-23-17-20-15-8-19-7-6-12(15)16(22)21-17/h1-3,6,8,10,19H,4-5,7,9H2,(H,20,21,22). The fourth-order valence-corrected chi connectivity index (χ4v) is 2.82. The zero-order chi connectivity index (χ0) is 15.8. The number of nitrogens with zero attached hydrogens (tertiary/aromatic N) is 1. The second kappa shape index (κ2) is 5.53. The summed E-state index contributed by atoms with van der Waals surface area (Å²) in [6, 6.07) is 5.20. The lowest BCUT2D eigenvalue weighted by atomic mass is 10.0. The zero-order valence-corrected chi connectivity index (χ0v) is 12.4. The molecule has 0 bridgehead atoms. The Morgan fingerprint density at radius 2 is 2.22 bits per heavy atom. The van der Waals surface area contributed by atoms with Crippen LogP contribution in [0.4, 0.5) is 4.39 Å². The zero-order valence-electron chi connectivity index (χ0n) is 12.4. The van der Waals surface area contributed by atoms with Gasteiger partial charge in [-0.15, -0.1) is 0 Å². The van der Waals surface area contributed by atoms with Crippen molar-refractivity contribution >= 4 is 12.3 Å². The van der Waals surface area contributed by atoms with Crippen molar-refractivity contribution in [2.75, 3.05) is 6.54 Å². The first-order valence-corrected chi connectivity index (χ1v) is 7.66. The third-order valence-corrected chi connectivity index (χ3v) is 4.15. The lowest BCUT2D eigenvalue weighted by molar-refractivity contribution is 0.272. The Kier molecular flexibility index (Phi) is 3.37. The van der Waals surface area contributed by atoms with Crippen molar-refractivity contribution in [3.63, 3.8) is 0 Å². The fraction of sp³-hybridized carbons (Fsp3) is 0.294. The summed E-state index contributed by atoms with van der Waals surface area (Å²) in [7, 11) is 0. The smallest absolute Gasteiger partial charge is 0.297 e. The van der Waals surface area contributed by atoms with Gasteiger partial charge in [0.1, 0.15) is 12.4 Å². The van der Waals surface area contributed by atoms with Gasteiger partial charge in [0.15, 0.2) is 0 Å². The molecule has 0 saturated heterocycles. The molecule has 5 nitrogen and oxygen atoms in total. The topological polar surface area (TPSA) is 67.0 Å². The lowest BCUT2D eigenvalue weighted by Gasteiger charge is -2.11. The molecule has 0 unspecified atom stereocenters. The van der Waals surface area contributed by atoms with Crippen LogP contribution in [0, 0.1) is 5.82 Å². The molecule has 2 aliphatic rings. The number of hydrogen-bond donors (Lipinski definition) is 2. The summed E-state index contributed by atoms with van der Waals surface area (Å²) in [4.78, 5) is 18.9. The van der Waals surface area contributed by atoms with Crippen molar-refractivity contribution < 1.29 is 9.13 Å². The maximum absolute atomic E-state index is 14.1. The van der Waals surface area contributed by atoms with Gasteiger partial charge in [-0.05, 0) is 30.4 Å². The molecule has 6 heteroatoms. The Labute approximate surface area is 131 Å². The van der Waals surface area contributed by atoms with Crippen LogP contribution < -0.4 is 26.2 Å². The van der Waals surface area contributed by atoms with Gasteiger partial charge in [-0.3, -0.25) is 9.78 Å². The van der Waals surface area contributed by atoms with Gasteiger partial charge in [-0.2, -0.15) is 4.98 Å². The van der Waals surface area contributed by atoms with Gasteiger partial charge in [0, 0.05) is 18.3 Å². The second-order valence-electron chi connectivity index (χ2n) is 5.80. The number of aromatic amines is 1. The van der Waals surface area contributed by atoms with Crippen LogP contribution in [-0.2, 0) is 6.61 Å². The number of H-pyrrole nitrogens is 1. The summed E-state index contributed by atoms with van der Waals surface area (Å²) in [6.07, 6.45) is 5.62. The maximum atomic E-state index is 14.1. The van der Waals surface area contributed by atoms with Crippen LogP contribution >= 0.6 is 0 Å². The van der Waals surface area contributed by atoms with Gasteiger partial charge < -0.3 is 10.1 Å². The minimum atomic E-state index is -0.281. The SMILES string of the molecule is O=c1[nH]c(OCc2c(F)cccc2C2CC2)nc2c1=CCNC=2. The first-order chi connectivity index (χ1) is 11.2. The molecule has 23 heavy (non-hydrogen) atoms. The Hall–Kier alpha value is -2.63. The van der Waals surface area contributed by atoms with Crippen LogP contribution in [0.25, 0.3) is 12.3 Å². The Morgan fingerprint density at radius 1 is 1.35 bits per heavy atom. The molecule has 0 radical (unpaired) electrons. The summed E-state index contributed by atoms with van der Waals surface area (Å²) in [5.41, 5.74) is 1.29. The van der Waals surface area contributed by atoms with Crippen molar-refractivity contribution in [3.05, 3.63) is 56.1 Å². The molecule has 1 saturated carbocycles. The number of hydrogen-bond acceptors (Lipinski definition) is 4. The first-order valence-electron chi connectivity index (χ1n) is 7.66. The molecule has 1 aromatic carbocycles. The van der Waals surface area contributed by atoms with E-state index in [-0.39, 0.29) is 24.0 Å². The monoisotopic (exact) mass is 313 g/mol. The van der Waals surface area contributed by atoms with E-state index in [1.54, 1.807) is 18.3 Å². The molecular weight excluding hydrogens is 297 g/mol. The molecule has 0 amide bonds. The maximum Gasteiger partial charge on any atom is 0.297 e. The van der Waals surface area contributed by atoms with Gasteiger partial charge in [-0.1, -0.05) is 18.2 Å². The van der Waals surface area contributed by atoms with E-state index in [9.17, 15) is 9.18 Å². The van der Waals surface area contributed by atoms with E-state index in [0.717, 1.165) is 18.4 Å². The van der Waals surface area contributed by atoms with E-state index in [1.165, 1.54) is 6.07 Å². The van der Waals surface area contributed by atoms with Gasteiger partial charge >= 0.3 is 0 Å². The van der Waals surface area contributed by atoms with E-state index in [2.05, 4.69) is 15.3 Å². The third-order valence-electron chi connectivity index (χ3n) is 4.15. The largest absolute Gasteiger partial charge is 0.460 e. The highest BCUT2D eigenvalue weighted by Gasteiger charge is 2.27. The van der Waals surface area contributed by atoms with Crippen LogP contribution in [-0.4, -0.2) is 16.5 Å². The van der Waals surface area contributed by atoms with Crippen molar-refractivity contribution in [2.24, 2.45) is 0 Å². The Bertz CT molecular complexity index is 932. The fourth-order valence-electron chi connectivity index (χ4n) is 2.82. The minimum absolute atomic E-state index is 0.0530. The summed E-state index contributed by atoms with van der Waals surface area (Å²) < 4.78 is 19.7. The van der Waals surface area contributed by atoms with E-state index in [4.69, 9.17) is 4.74 Å². The molecule has 1 aliphatic heterocycles. The van der Waals surface area contributed by atoms with Crippen LogP contribution in [0.15, 0.2) is 23.0 Å². The highest BCUT2D eigenvalue weighted by Crippen LogP contribution is 2.42. The second-order valence-corrected chi connectivity index (χ2v) is 5.80. The van der Waals surface area contributed by atoms with Crippen LogP contribution in [0.3, 0.4) is 0 Å². The number of fused-ring (bicyclic) bond motifs is 1. The van der Waals surface area contributed by atoms with E-state index < -0.39 is 0 Å². The lowest BCUT2D eigenvalue weighted by Crippen LogP contribution is -2.46. The summed E-state index contributed by atoms with van der Waals surface area (Å²) in [5.74, 6) is 0.142. The number of nitrogens with one attached hydrogen (secondary N) is 2. The predicted molar refractivity (Wildman–Crippen MR) is 83.7 cm³/mol.